The molecule has 2 saturated heterocycles. The zero-order chi connectivity index (χ0) is 17.8. The Balaban J connectivity index is 1.54. The molecule has 0 radical (unpaired) electrons. The number of methoxy groups -OCH3 is 1. The van der Waals surface area contributed by atoms with Gasteiger partial charge in [0.1, 0.15) is 5.75 Å². The van der Waals surface area contributed by atoms with Crippen molar-refractivity contribution in [1.82, 2.24) is 14.7 Å². The molecule has 0 spiro atoms. The zero-order valence-corrected chi connectivity index (χ0v) is 15.1. The summed E-state index contributed by atoms with van der Waals surface area (Å²) in [5, 5.41) is 0. The van der Waals surface area contributed by atoms with Crippen LogP contribution in [-0.4, -0.2) is 66.0 Å². The number of rotatable bonds is 5. The summed E-state index contributed by atoms with van der Waals surface area (Å²) in [6.45, 7) is 5.60. The average Bonchev–Trinajstić information content (AvgIpc) is 3.02. The highest BCUT2D eigenvalue weighted by atomic mass is 16.5. The van der Waals surface area contributed by atoms with Gasteiger partial charge in [-0.2, -0.15) is 0 Å². The molecule has 0 aliphatic carbocycles. The van der Waals surface area contributed by atoms with Crippen molar-refractivity contribution < 1.29 is 14.3 Å². The van der Waals surface area contributed by atoms with Gasteiger partial charge in [0.2, 0.25) is 5.91 Å². The Morgan fingerprint density at radius 2 is 1.80 bits per heavy atom. The van der Waals surface area contributed by atoms with Gasteiger partial charge in [0, 0.05) is 45.2 Å². The van der Waals surface area contributed by atoms with E-state index in [2.05, 4.69) is 0 Å². The van der Waals surface area contributed by atoms with E-state index in [4.69, 9.17) is 4.74 Å². The molecule has 2 aliphatic rings. The summed E-state index contributed by atoms with van der Waals surface area (Å²) in [6.07, 6.45) is 2.32. The van der Waals surface area contributed by atoms with Crippen molar-refractivity contribution >= 4 is 11.9 Å². The third-order valence-electron chi connectivity index (χ3n) is 5.22. The smallest absolute Gasteiger partial charge is 0.320 e. The Morgan fingerprint density at radius 3 is 2.40 bits per heavy atom. The minimum atomic E-state index is 0.121. The third-order valence-corrected chi connectivity index (χ3v) is 5.22. The van der Waals surface area contributed by atoms with Gasteiger partial charge in [-0.1, -0.05) is 19.1 Å². The quantitative estimate of drug-likeness (QED) is 0.823. The standard InChI is InChI=1S/C19H27N3O3/c1-3-18(23)20-10-8-16(9-11-20)22-13-12-21(19(22)24)14-15-4-6-17(25-2)7-5-15/h4-7,16H,3,8-14H2,1-2H3. The number of ether oxygens (including phenoxy) is 1. The number of carbonyl (C=O) groups is 2. The highest BCUT2D eigenvalue weighted by Crippen LogP contribution is 2.23. The summed E-state index contributed by atoms with van der Waals surface area (Å²) in [5.41, 5.74) is 1.11. The molecule has 0 bridgehead atoms. The fourth-order valence-electron chi connectivity index (χ4n) is 3.69. The van der Waals surface area contributed by atoms with E-state index < -0.39 is 0 Å². The lowest BCUT2D eigenvalue weighted by Crippen LogP contribution is -2.47. The molecule has 3 amide bonds. The maximum absolute atomic E-state index is 12.8. The van der Waals surface area contributed by atoms with E-state index >= 15 is 0 Å². The number of piperidine rings is 1. The molecular weight excluding hydrogens is 318 g/mol. The number of hydrogen-bond acceptors (Lipinski definition) is 3. The number of likely N-dealkylation sites (tertiary alicyclic amines) is 1. The zero-order valence-electron chi connectivity index (χ0n) is 15.1. The van der Waals surface area contributed by atoms with Gasteiger partial charge >= 0.3 is 6.03 Å². The van der Waals surface area contributed by atoms with Crippen molar-refractivity contribution in [3.63, 3.8) is 0 Å². The number of amides is 3. The predicted octanol–water partition coefficient (Wildman–Crippen LogP) is 2.33. The number of nitrogens with zero attached hydrogens (tertiary/aromatic N) is 3. The summed E-state index contributed by atoms with van der Waals surface area (Å²) >= 11 is 0. The Morgan fingerprint density at radius 1 is 1.12 bits per heavy atom. The van der Waals surface area contributed by atoms with Gasteiger partial charge < -0.3 is 19.4 Å². The largest absolute Gasteiger partial charge is 0.497 e. The number of benzene rings is 1. The lowest BCUT2D eigenvalue weighted by atomic mass is 10.0. The van der Waals surface area contributed by atoms with Crippen LogP contribution in [0.5, 0.6) is 5.75 Å². The van der Waals surface area contributed by atoms with Crippen LogP contribution in [0.25, 0.3) is 0 Å². The average molecular weight is 345 g/mol. The van der Waals surface area contributed by atoms with Gasteiger partial charge in [-0.05, 0) is 30.5 Å². The van der Waals surface area contributed by atoms with Crippen LogP contribution in [-0.2, 0) is 11.3 Å². The molecule has 0 unspecified atom stereocenters. The fourth-order valence-corrected chi connectivity index (χ4v) is 3.69. The molecule has 2 heterocycles. The Kier molecular flexibility index (Phi) is 5.46. The van der Waals surface area contributed by atoms with Crippen LogP contribution in [0.2, 0.25) is 0 Å². The molecular formula is C19H27N3O3. The number of carbonyl (C=O) groups excluding carboxylic acids is 2. The van der Waals surface area contributed by atoms with E-state index in [0.29, 0.717) is 13.0 Å². The first kappa shape index (κ1) is 17.6. The maximum Gasteiger partial charge on any atom is 0.320 e. The van der Waals surface area contributed by atoms with E-state index in [1.165, 1.54) is 0 Å². The molecule has 3 rings (SSSR count). The Bertz CT molecular complexity index is 609. The van der Waals surface area contributed by atoms with Crippen molar-refractivity contribution in [2.75, 3.05) is 33.3 Å². The van der Waals surface area contributed by atoms with Crippen LogP contribution in [0.4, 0.5) is 4.79 Å². The SMILES string of the molecule is CCC(=O)N1CCC(N2CCN(Cc3ccc(OC)cc3)C2=O)CC1. The van der Waals surface area contributed by atoms with Crippen LogP contribution >= 0.6 is 0 Å². The molecule has 6 heteroatoms. The monoisotopic (exact) mass is 345 g/mol. The number of urea groups is 1. The second-order valence-electron chi connectivity index (χ2n) is 6.71. The normalized spacial score (nSPS) is 18.8. The first-order chi connectivity index (χ1) is 12.1. The Hall–Kier alpha value is -2.24. The van der Waals surface area contributed by atoms with Crippen molar-refractivity contribution in [3.8, 4) is 5.75 Å². The van der Waals surface area contributed by atoms with Gasteiger partial charge in [-0.3, -0.25) is 4.79 Å². The van der Waals surface area contributed by atoms with E-state index in [9.17, 15) is 9.59 Å². The highest BCUT2D eigenvalue weighted by Gasteiger charge is 2.35. The van der Waals surface area contributed by atoms with Crippen LogP contribution in [0.15, 0.2) is 24.3 Å². The van der Waals surface area contributed by atoms with Gasteiger partial charge in [0.25, 0.3) is 0 Å². The minimum absolute atomic E-state index is 0.121. The van der Waals surface area contributed by atoms with Gasteiger partial charge in [0.15, 0.2) is 0 Å². The lowest BCUT2D eigenvalue weighted by molar-refractivity contribution is -0.132. The van der Waals surface area contributed by atoms with Crippen molar-refractivity contribution in [2.45, 2.75) is 38.8 Å². The van der Waals surface area contributed by atoms with Crippen LogP contribution in [0, 0.1) is 0 Å². The topological polar surface area (TPSA) is 53.1 Å². The molecule has 1 aromatic carbocycles. The summed E-state index contributed by atoms with van der Waals surface area (Å²) in [5.74, 6) is 1.04. The molecule has 0 atom stereocenters. The van der Waals surface area contributed by atoms with Crippen molar-refractivity contribution in [3.05, 3.63) is 29.8 Å². The summed E-state index contributed by atoms with van der Waals surface area (Å²) < 4.78 is 5.17. The lowest BCUT2D eigenvalue weighted by Gasteiger charge is -2.36. The van der Waals surface area contributed by atoms with E-state index in [-0.39, 0.29) is 18.0 Å². The third kappa shape index (κ3) is 3.89. The summed E-state index contributed by atoms with van der Waals surface area (Å²) in [4.78, 5) is 30.4. The maximum atomic E-state index is 12.8. The van der Waals surface area contributed by atoms with E-state index in [1.807, 2.05) is 45.9 Å². The van der Waals surface area contributed by atoms with E-state index in [0.717, 1.165) is 50.3 Å². The molecule has 0 N–H and O–H groups in total. The van der Waals surface area contributed by atoms with Crippen LogP contribution in [0.3, 0.4) is 0 Å². The van der Waals surface area contributed by atoms with Crippen LogP contribution < -0.4 is 4.74 Å². The molecule has 136 valence electrons. The molecule has 1 aromatic rings. The first-order valence-electron chi connectivity index (χ1n) is 9.08. The van der Waals surface area contributed by atoms with E-state index in [1.54, 1.807) is 7.11 Å². The van der Waals surface area contributed by atoms with Crippen LogP contribution in [0.1, 0.15) is 31.7 Å². The van der Waals surface area contributed by atoms with Crippen molar-refractivity contribution in [1.29, 1.82) is 0 Å². The molecule has 25 heavy (non-hydrogen) atoms. The van der Waals surface area contributed by atoms with Crippen molar-refractivity contribution in [2.24, 2.45) is 0 Å². The molecule has 2 aliphatic heterocycles. The first-order valence-corrected chi connectivity index (χ1v) is 9.08. The summed E-state index contributed by atoms with van der Waals surface area (Å²) in [7, 11) is 1.65. The molecule has 0 aromatic heterocycles. The Labute approximate surface area is 149 Å². The fraction of sp³-hybridized carbons (Fsp3) is 0.579. The summed E-state index contributed by atoms with van der Waals surface area (Å²) in [6, 6.07) is 8.24. The molecule has 0 saturated carbocycles. The number of hydrogen-bond donors (Lipinski definition) is 0. The van der Waals surface area contributed by atoms with Gasteiger partial charge in [0.05, 0.1) is 7.11 Å². The predicted molar refractivity (Wildman–Crippen MR) is 95.4 cm³/mol. The van der Waals surface area contributed by atoms with Gasteiger partial charge in [-0.25, -0.2) is 4.79 Å². The molecule has 2 fully saturated rings. The van der Waals surface area contributed by atoms with Gasteiger partial charge in [-0.15, -0.1) is 0 Å². The second-order valence-corrected chi connectivity index (χ2v) is 6.71. The minimum Gasteiger partial charge on any atom is -0.497 e. The second kappa shape index (κ2) is 7.76. The molecule has 6 nitrogen and oxygen atoms in total. The highest BCUT2D eigenvalue weighted by molar-refractivity contribution is 5.77.